The quantitative estimate of drug-likeness (QED) is 0.840. The standard InChI is InChI=1S/C15H18BrNOS/c1-2-14(17)15(12-7-3-4-8-13(12)16)18-10-11-6-5-9-19-11/h3-9,14-15H,2,10,17H2,1H3. The summed E-state index contributed by atoms with van der Waals surface area (Å²) in [4.78, 5) is 1.22. The minimum atomic E-state index is -0.0809. The maximum absolute atomic E-state index is 6.22. The molecule has 0 aliphatic heterocycles. The SMILES string of the molecule is CCC(N)C(OCc1cccs1)c1ccccc1Br. The van der Waals surface area contributed by atoms with Crippen molar-refractivity contribution in [3.05, 3.63) is 56.7 Å². The molecule has 0 saturated carbocycles. The van der Waals surface area contributed by atoms with Crippen LogP contribution in [0.5, 0.6) is 0 Å². The van der Waals surface area contributed by atoms with Crippen LogP contribution in [-0.2, 0) is 11.3 Å². The van der Waals surface area contributed by atoms with E-state index >= 15 is 0 Å². The predicted octanol–water partition coefficient (Wildman–Crippen LogP) is 4.51. The molecule has 0 saturated heterocycles. The van der Waals surface area contributed by atoms with Gasteiger partial charge in [-0.1, -0.05) is 47.1 Å². The monoisotopic (exact) mass is 339 g/mol. The Morgan fingerprint density at radius 3 is 2.68 bits per heavy atom. The van der Waals surface area contributed by atoms with E-state index in [2.05, 4.69) is 40.4 Å². The Balaban J connectivity index is 2.14. The van der Waals surface area contributed by atoms with Gasteiger partial charge in [-0.25, -0.2) is 0 Å². The fourth-order valence-electron chi connectivity index (χ4n) is 1.93. The van der Waals surface area contributed by atoms with Gasteiger partial charge >= 0.3 is 0 Å². The molecule has 0 aliphatic rings. The van der Waals surface area contributed by atoms with Crippen LogP contribution >= 0.6 is 27.3 Å². The molecule has 1 heterocycles. The molecular formula is C15H18BrNOS. The zero-order valence-corrected chi connectivity index (χ0v) is 13.3. The highest BCUT2D eigenvalue weighted by molar-refractivity contribution is 9.10. The van der Waals surface area contributed by atoms with Crippen molar-refractivity contribution >= 4 is 27.3 Å². The Hall–Kier alpha value is -0.680. The Labute approximate surface area is 126 Å². The lowest BCUT2D eigenvalue weighted by Crippen LogP contribution is -2.29. The Kier molecular flexibility index (Phi) is 5.58. The highest BCUT2D eigenvalue weighted by Crippen LogP contribution is 2.30. The van der Waals surface area contributed by atoms with E-state index in [0.29, 0.717) is 6.61 Å². The summed E-state index contributed by atoms with van der Waals surface area (Å²) in [5.41, 5.74) is 7.33. The van der Waals surface area contributed by atoms with E-state index in [1.165, 1.54) is 4.88 Å². The van der Waals surface area contributed by atoms with Crippen molar-refractivity contribution < 1.29 is 4.74 Å². The van der Waals surface area contributed by atoms with Gasteiger partial charge in [-0.05, 0) is 29.5 Å². The molecule has 2 atom stereocenters. The van der Waals surface area contributed by atoms with Crippen molar-refractivity contribution in [3.8, 4) is 0 Å². The lowest BCUT2D eigenvalue weighted by atomic mass is 10.0. The number of thiophene rings is 1. The van der Waals surface area contributed by atoms with Crippen LogP contribution in [0.4, 0.5) is 0 Å². The van der Waals surface area contributed by atoms with E-state index in [1.54, 1.807) is 11.3 Å². The number of halogens is 1. The molecule has 0 radical (unpaired) electrons. The van der Waals surface area contributed by atoms with Crippen LogP contribution in [0.25, 0.3) is 0 Å². The molecular weight excluding hydrogens is 322 g/mol. The molecule has 2 rings (SSSR count). The summed E-state index contributed by atoms with van der Waals surface area (Å²) in [6, 6.07) is 12.2. The highest BCUT2D eigenvalue weighted by Gasteiger charge is 2.21. The van der Waals surface area contributed by atoms with E-state index < -0.39 is 0 Å². The largest absolute Gasteiger partial charge is 0.366 e. The van der Waals surface area contributed by atoms with Crippen LogP contribution in [0.1, 0.15) is 29.9 Å². The van der Waals surface area contributed by atoms with Gasteiger partial charge in [-0.2, -0.15) is 0 Å². The second kappa shape index (κ2) is 7.20. The minimum absolute atomic E-state index is 0.00124. The number of nitrogens with two attached hydrogens (primary N) is 1. The highest BCUT2D eigenvalue weighted by atomic mass is 79.9. The summed E-state index contributed by atoms with van der Waals surface area (Å²) in [5, 5.41) is 2.06. The Morgan fingerprint density at radius 2 is 2.05 bits per heavy atom. The van der Waals surface area contributed by atoms with Gasteiger partial charge in [0.05, 0.1) is 12.7 Å². The van der Waals surface area contributed by atoms with Crippen LogP contribution in [-0.4, -0.2) is 6.04 Å². The smallest absolute Gasteiger partial charge is 0.0991 e. The van der Waals surface area contributed by atoms with Gasteiger partial charge in [-0.3, -0.25) is 0 Å². The molecule has 2 nitrogen and oxygen atoms in total. The van der Waals surface area contributed by atoms with Crippen LogP contribution in [0.3, 0.4) is 0 Å². The Morgan fingerprint density at radius 1 is 1.26 bits per heavy atom. The summed E-state index contributed by atoms with van der Waals surface area (Å²) >= 11 is 5.29. The third-order valence-corrected chi connectivity index (χ3v) is 4.63. The first-order valence-electron chi connectivity index (χ1n) is 6.36. The van der Waals surface area contributed by atoms with Crippen molar-refractivity contribution in [3.63, 3.8) is 0 Å². The fourth-order valence-corrected chi connectivity index (χ4v) is 3.07. The van der Waals surface area contributed by atoms with E-state index in [4.69, 9.17) is 10.5 Å². The third-order valence-electron chi connectivity index (χ3n) is 3.06. The fraction of sp³-hybridized carbons (Fsp3) is 0.333. The maximum Gasteiger partial charge on any atom is 0.0991 e. The minimum Gasteiger partial charge on any atom is -0.366 e. The molecule has 1 aromatic carbocycles. The molecule has 102 valence electrons. The van der Waals surface area contributed by atoms with Crippen molar-refractivity contribution in [1.29, 1.82) is 0 Å². The second-order valence-corrected chi connectivity index (χ2v) is 6.29. The van der Waals surface area contributed by atoms with Crippen molar-refractivity contribution in [1.82, 2.24) is 0 Å². The van der Waals surface area contributed by atoms with Gasteiger partial charge in [0, 0.05) is 15.4 Å². The van der Waals surface area contributed by atoms with E-state index in [9.17, 15) is 0 Å². The summed E-state index contributed by atoms with van der Waals surface area (Å²) in [6.45, 7) is 2.69. The lowest BCUT2D eigenvalue weighted by molar-refractivity contribution is 0.0222. The molecule has 2 unspecified atom stereocenters. The number of hydrogen-bond acceptors (Lipinski definition) is 3. The van der Waals surface area contributed by atoms with Crippen molar-refractivity contribution in [2.24, 2.45) is 5.73 Å². The molecule has 0 amide bonds. The second-order valence-electron chi connectivity index (χ2n) is 4.40. The first-order valence-corrected chi connectivity index (χ1v) is 8.03. The Bertz CT molecular complexity index is 501. The molecule has 2 N–H and O–H groups in total. The topological polar surface area (TPSA) is 35.2 Å². The first-order chi connectivity index (χ1) is 9.22. The lowest BCUT2D eigenvalue weighted by Gasteiger charge is -2.24. The molecule has 0 spiro atoms. The predicted molar refractivity (Wildman–Crippen MR) is 84.3 cm³/mol. The summed E-state index contributed by atoms with van der Waals surface area (Å²) in [6.07, 6.45) is 0.805. The maximum atomic E-state index is 6.22. The van der Waals surface area contributed by atoms with Crippen molar-refractivity contribution in [2.45, 2.75) is 32.1 Å². The average Bonchev–Trinajstić information content (AvgIpc) is 2.93. The first kappa shape index (κ1) is 14.7. The van der Waals surface area contributed by atoms with Gasteiger partial charge < -0.3 is 10.5 Å². The van der Waals surface area contributed by atoms with E-state index in [1.807, 2.05) is 24.3 Å². The summed E-state index contributed by atoms with van der Waals surface area (Å²) in [7, 11) is 0. The van der Waals surface area contributed by atoms with Crippen LogP contribution in [0, 0.1) is 0 Å². The van der Waals surface area contributed by atoms with Crippen LogP contribution in [0.2, 0.25) is 0 Å². The van der Waals surface area contributed by atoms with Crippen LogP contribution in [0.15, 0.2) is 46.3 Å². The van der Waals surface area contributed by atoms with Gasteiger partial charge in [0.2, 0.25) is 0 Å². The van der Waals surface area contributed by atoms with Crippen molar-refractivity contribution in [2.75, 3.05) is 0 Å². The van der Waals surface area contributed by atoms with Gasteiger partial charge in [0.1, 0.15) is 0 Å². The third kappa shape index (κ3) is 3.89. The molecule has 2 aromatic rings. The van der Waals surface area contributed by atoms with Gasteiger partial charge in [-0.15, -0.1) is 11.3 Å². The summed E-state index contributed by atoms with van der Waals surface area (Å²) in [5.74, 6) is 0. The van der Waals surface area contributed by atoms with Crippen LogP contribution < -0.4 is 5.73 Å². The number of benzene rings is 1. The van der Waals surface area contributed by atoms with Gasteiger partial charge in [0.15, 0.2) is 0 Å². The molecule has 0 aliphatic carbocycles. The van der Waals surface area contributed by atoms with E-state index in [-0.39, 0.29) is 12.1 Å². The molecule has 1 aromatic heterocycles. The molecule has 19 heavy (non-hydrogen) atoms. The average molecular weight is 340 g/mol. The molecule has 4 heteroatoms. The molecule has 0 bridgehead atoms. The molecule has 0 fully saturated rings. The number of ether oxygens (including phenoxy) is 1. The van der Waals surface area contributed by atoms with E-state index in [0.717, 1.165) is 16.5 Å². The number of rotatable bonds is 6. The number of hydrogen-bond donors (Lipinski definition) is 1. The zero-order valence-electron chi connectivity index (χ0n) is 10.9. The normalized spacial score (nSPS) is 14.3. The van der Waals surface area contributed by atoms with Gasteiger partial charge in [0.25, 0.3) is 0 Å². The summed E-state index contributed by atoms with van der Waals surface area (Å²) < 4.78 is 7.11. The zero-order chi connectivity index (χ0) is 13.7.